The number of nitrogens with two attached hydrogens (primary N) is 1. The molecular weight excluding hydrogens is 373 g/mol. The Labute approximate surface area is 134 Å². The van der Waals surface area contributed by atoms with Crippen molar-refractivity contribution in [1.29, 1.82) is 0 Å². The van der Waals surface area contributed by atoms with Crippen LogP contribution in [0, 0.1) is 9.49 Å². The molecule has 0 aromatic heterocycles. The first-order valence-electron chi connectivity index (χ1n) is 6.53. The van der Waals surface area contributed by atoms with Crippen molar-refractivity contribution in [2.24, 2.45) is 11.7 Å². The van der Waals surface area contributed by atoms with Crippen LogP contribution in [-0.4, -0.2) is 11.2 Å². The Balaban J connectivity index is 2.28. The van der Waals surface area contributed by atoms with Gasteiger partial charge in [-0.1, -0.05) is 17.7 Å². The second-order valence-electron chi connectivity index (χ2n) is 6.48. The van der Waals surface area contributed by atoms with Crippen LogP contribution in [0.1, 0.15) is 45.7 Å². The van der Waals surface area contributed by atoms with Crippen molar-refractivity contribution in [1.82, 2.24) is 0 Å². The summed E-state index contributed by atoms with van der Waals surface area (Å²) in [6, 6.07) is 6.02. The Bertz CT molecular complexity index is 487. The first kappa shape index (κ1) is 15.5. The van der Waals surface area contributed by atoms with Gasteiger partial charge in [-0.25, -0.2) is 0 Å². The number of rotatable bonds is 2. The monoisotopic (exact) mass is 393 g/mol. The molecule has 1 aliphatic heterocycles. The standard InChI is InChI=1S/C15H21ClINO/c1-14(2)8-10(15(3,4)19-14)13(18)9-5-6-12(17)11(16)7-9/h5-7,10,13H,8,18H2,1-4H3. The van der Waals surface area contributed by atoms with Crippen molar-refractivity contribution < 1.29 is 4.74 Å². The molecule has 19 heavy (non-hydrogen) atoms. The molecule has 1 fully saturated rings. The quantitative estimate of drug-likeness (QED) is 0.749. The van der Waals surface area contributed by atoms with Gasteiger partial charge in [0.1, 0.15) is 0 Å². The minimum atomic E-state index is -0.210. The van der Waals surface area contributed by atoms with Crippen LogP contribution in [-0.2, 0) is 4.74 Å². The zero-order valence-corrected chi connectivity index (χ0v) is 14.7. The molecule has 1 aliphatic rings. The Hall–Kier alpha value is 0.160. The minimum absolute atomic E-state index is 0.0497. The molecule has 1 aromatic carbocycles. The van der Waals surface area contributed by atoms with Gasteiger partial charge < -0.3 is 10.5 Å². The summed E-state index contributed by atoms with van der Waals surface area (Å²) in [5, 5.41) is 0.768. The molecule has 1 aromatic rings. The van der Waals surface area contributed by atoms with E-state index >= 15 is 0 Å². The fraction of sp³-hybridized carbons (Fsp3) is 0.600. The van der Waals surface area contributed by atoms with Gasteiger partial charge >= 0.3 is 0 Å². The summed E-state index contributed by atoms with van der Waals surface area (Å²) in [6.45, 7) is 8.51. The van der Waals surface area contributed by atoms with Gasteiger partial charge in [0, 0.05) is 15.5 Å². The molecule has 0 amide bonds. The Kier molecular flexibility index (Phi) is 4.23. The molecule has 2 N–H and O–H groups in total. The molecule has 2 unspecified atom stereocenters. The summed E-state index contributed by atoms with van der Waals surface area (Å²) >= 11 is 8.43. The minimum Gasteiger partial charge on any atom is -0.369 e. The van der Waals surface area contributed by atoms with Gasteiger partial charge in [0.2, 0.25) is 0 Å². The molecule has 1 heterocycles. The first-order valence-corrected chi connectivity index (χ1v) is 7.99. The van der Waals surface area contributed by atoms with Crippen LogP contribution < -0.4 is 5.73 Å². The van der Waals surface area contributed by atoms with E-state index in [1.165, 1.54) is 0 Å². The first-order chi connectivity index (χ1) is 8.62. The summed E-state index contributed by atoms with van der Waals surface area (Å²) < 4.78 is 7.18. The van der Waals surface area contributed by atoms with Crippen molar-refractivity contribution >= 4 is 34.2 Å². The van der Waals surface area contributed by atoms with E-state index in [0.29, 0.717) is 5.92 Å². The van der Waals surface area contributed by atoms with Crippen LogP contribution >= 0.6 is 34.2 Å². The van der Waals surface area contributed by atoms with E-state index in [1.54, 1.807) is 0 Å². The number of hydrogen-bond donors (Lipinski definition) is 1. The number of benzene rings is 1. The zero-order chi connectivity index (χ0) is 14.4. The van der Waals surface area contributed by atoms with Crippen molar-refractivity contribution in [3.63, 3.8) is 0 Å². The molecule has 106 valence electrons. The second-order valence-corrected chi connectivity index (χ2v) is 8.04. The summed E-state index contributed by atoms with van der Waals surface area (Å²) in [4.78, 5) is 0. The normalized spacial score (nSPS) is 26.4. The molecule has 0 radical (unpaired) electrons. The van der Waals surface area contributed by atoms with E-state index in [9.17, 15) is 0 Å². The number of halogens is 2. The van der Waals surface area contributed by atoms with Crippen LogP contribution in [0.4, 0.5) is 0 Å². The van der Waals surface area contributed by atoms with Crippen molar-refractivity contribution in [3.05, 3.63) is 32.4 Å². The van der Waals surface area contributed by atoms with Gasteiger partial charge in [-0.05, 0) is 74.4 Å². The largest absolute Gasteiger partial charge is 0.369 e. The highest BCUT2D eigenvalue weighted by Gasteiger charge is 2.48. The topological polar surface area (TPSA) is 35.2 Å². The highest BCUT2D eigenvalue weighted by molar-refractivity contribution is 14.1. The van der Waals surface area contributed by atoms with Crippen LogP contribution in [0.15, 0.2) is 18.2 Å². The molecular formula is C15H21ClINO. The molecule has 2 atom stereocenters. The molecule has 0 bridgehead atoms. The van der Waals surface area contributed by atoms with Gasteiger partial charge in [-0.3, -0.25) is 0 Å². The average molecular weight is 394 g/mol. The highest BCUT2D eigenvalue weighted by atomic mass is 127. The predicted molar refractivity (Wildman–Crippen MR) is 88.4 cm³/mol. The molecule has 0 aliphatic carbocycles. The smallest absolute Gasteiger partial charge is 0.0680 e. The lowest BCUT2D eigenvalue weighted by Crippen LogP contribution is -2.35. The van der Waals surface area contributed by atoms with E-state index in [4.69, 9.17) is 22.1 Å². The Morgan fingerprint density at radius 2 is 2.00 bits per heavy atom. The zero-order valence-electron chi connectivity index (χ0n) is 11.8. The van der Waals surface area contributed by atoms with E-state index in [1.807, 2.05) is 12.1 Å². The highest BCUT2D eigenvalue weighted by Crippen LogP contribution is 2.47. The summed E-state index contributed by atoms with van der Waals surface area (Å²) in [7, 11) is 0. The third kappa shape index (κ3) is 3.26. The molecule has 1 saturated heterocycles. The molecule has 2 rings (SSSR count). The van der Waals surface area contributed by atoms with E-state index in [-0.39, 0.29) is 17.2 Å². The average Bonchev–Trinajstić information content (AvgIpc) is 2.49. The van der Waals surface area contributed by atoms with E-state index < -0.39 is 0 Å². The fourth-order valence-corrected chi connectivity index (χ4v) is 3.64. The van der Waals surface area contributed by atoms with Gasteiger partial charge in [0.15, 0.2) is 0 Å². The van der Waals surface area contributed by atoms with Crippen LogP contribution in [0.2, 0.25) is 5.02 Å². The lowest BCUT2D eigenvalue weighted by Gasteiger charge is -2.31. The van der Waals surface area contributed by atoms with Crippen molar-refractivity contribution in [2.75, 3.05) is 0 Å². The van der Waals surface area contributed by atoms with Gasteiger partial charge in [0.05, 0.1) is 16.2 Å². The van der Waals surface area contributed by atoms with E-state index in [2.05, 4.69) is 56.4 Å². The van der Waals surface area contributed by atoms with Crippen molar-refractivity contribution in [3.8, 4) is 0 Å². The van der Waals surface area contributed by atoms with Gasteiger partial charge in [0.25, 0.3) is 0 Å². The van der Waals surface area contributed by atoms with Crippen LogP contribution in [0.5, 0.6) is 0 Å². The van der Waals surface area contributed by atoms with Gasteiger partial charge in [-0.15, -0.1) is 0 Å². The third-order valence-corrected chi connectivity index (χ3v) is 5.48. The number of hydrogen-bond acceptors (Lipinski definition) is 2. The summed E-state index contributed by atoms with van der Waals surface area (Å²) in [6.07, 6.45) is 0.963. The maximum Gasteiger partial charge on any atom is 0.0680 e. The lowest BCUT2D eigenvalue weighted by molar-refractivity contribution is -0.0767. The predicted octanol–water partition coefficient (Wildman–Crippen LogP) is 4.54. The molecule has 0 spiro atoms. The Morgan fingerprint density at radius 3 is 2.47 bits per heavy atom. The maximum absolute atomic E-state index is 6.47. The summed E-state index contributed by atoms with van der Waals surface area (Å²) in [5.74, 6) is 0.290. The van der Waals surface area contributed by atoms with Gasteiger partial charge in [-0.2, -0.15) is 0 Å². The Morgan fingerprint density at radius 1 is 1.37 bits per heavy atom. The SMILES string of the molecule is CC1(C)CC(C(N)c2ccc(I)c(Cl)c2)C(C)(C)O1. The third-order valence-electron chi connectivity index (χ3n) is 3.91. The maximum atomic E-state index is 6.47. The number of ether oxygens (including phenoxy) is 1. The molecule has 0 saturated carbocycles. The lowest BCUT2D eigenvalue weighted by atomic mass is 9.79. The summed E-state index contributed by atoms with van der Waals surface area (Å²) in [5.41, 5.74) is 7.24. The van der Waals surface area contributed by atoms with E-state index in [0.717, 1.165) is 20.6 Å². The van der Waals surface area contributed by atoms with Crippen molar-refractivity contribution in [2.45, 2.75) is 51.4 Å². The molecule has 2 nitrogen and oxygen atoms in total. The fourth-order valence-electron chi connectivity index (χ4n) is 3.12. The second kappa shape index (κ2) is 5.17. The molecule has 4 heteroatoms. The van der Waals surface area contributed by atoms with Crippen LogP contribution in [0.25, 0.3) is 0 Å². The van der Waals surface area contributed by atoms with Crippen LogP contribution in [0.3, 0.4) is 0 Å².